The predicted molar refractivity (Wildman–Crippen MR) is 102 cm³/mol. The van der Waals surface area contributed by atoms with Crippen molar-refractivity contribution in [1.29, 1.82) is 0 Å². The highest BCUT2D eigenvalue weighted by atomic mass is 16.5. The van der Waals surface area contributed by atoms with Crippen LogP contribution in [0.5, 0.6) is 11.5 Å². The summed E-state index contributed by atoms with van der Waals surface area (Å²) in [7, 11) is 3.32. The van der Waals surface area contributed by atoms with E-state index in [1.807, 2.05) is 12.1 Å². The normalized spacial score (nSPS) is 29.7. The summed E-state index contributed by atoms with van der Waals surface area (Å²) in [6, 6.07) is 6.46. The molecule has 0 amide bonds. The summed E-state index contributed by atoms with van der Waals surface area (Å²) in [5.41, 5.74) is 1.06. The summed E-state index contributed by atoms with van der Waals surface area (Å²) >= 11 is 0. The minimum atomic E-state index is -0.173. The van der Waals surface area contributed by atoms with Gasteiger partial charge in [0.05, 0.1) is 32.5 Å². The smallest absolute Gasteiger partial charge is 0.160 e. The van der Waals surface area contributed by atoms with Gasteiger partial charge in [-0.2, -0.15) is 0 Å². The van der Waals surface area contributed by atoms with Crippen molar-refractivity contribution in [3.63, 3.8) is 0 Å². The maximum absolute atomic E-state index is 9.91. The lowest BCUT2D eigenvalue weighted by molar-refractivity contribution is -0.108. The van der Waals surface area contributed by atoms with Gasteiger partial charge < -0.3 is 19.3 Å². The SMILES string of the molecule is COc1ccc(CCO[C@]2(C)CCCC[C@H]2N2CC[C@@H](O)C2)cc1OC. The number of nitrogens with zero attached hydrogens (tertiary/aromatic N) is 1. The third kappa shape index (κ3) is 4.33. The number of ether oxygens (including phenoxy) is 3. The van der Waals surface area contributed by atoms with E-state index in [0.717, 1.165) is 43.9 Å². The third-order valence-corrected chi connectivity index (χ3v) is 6.01. The Kier molecular flexibility index (Phi) is 6.43. The Bertz CT molecular complexity index is 593. The van der Waals surface area contributed by atoms with E-state index in [-0.39, 0.29) is 11.7 Å². The van der Waals surface area contributed by atoms with Gasteiger partial charge in [-0.25, -0.2) is 0 Å². The van der Waals surface area contributed by atoms with E-state index < -0.39 is 0 Å². The molecule has 2 fully saturated rings. The first-order chi connectivity index (χ1) is 12.6. The molecule has 1 aliphatic carbocycles. The molecule has 0 spiro atoms. The van der Waals surface area contributed by atoms with E-state index in [4.69, 9.17) is 14.2 Å². The molecule has 0 unspecified atom stereocenters. The monoisotopic (exact) mass is 363 g/mol. The van der Waals surface area contributed by atoms with Crippen LogP contribution >= 0.6 is 0 Å². The summed E-state index contributed by atoms with van der Waals surface area (Å²) in [6.45, 7) is 4.73. The molecule has 1 N–H and O–H groups in total. The molecule has 0 bridgehead atoms. The van der Waals surface area contributed by atoms with Crippen molar-refractivity contribution in [3.05, 3.63) is 23.8 Å². The Labute approximate surface area is 157 Å². The van der Waals surface area contributed by atoms with Gasteiger partial charge in [-0.15, -0.1) is 0 Å². The van der Waals surface area contributed by atoms with Crippen molar-refractivity contribution in [2.75, 3.05) is 33.9 Å². The Balaban J connectivity index is 1.60. The molecule has 3 rings (SSSR count). The Morgan fingerprint density at radius 3 is 2.65 bits per heavy atom. The molecule has 1 aliphatic heterocycles. The molecule has 0 radical (unpaired) electrons. The van der Waals surface area contributed by atoms with Crippen molar-refractivity contribution in [1.82, 2.24) is 4.90 Å². The fourth-order valence-electron chi connectivity index (χ4n) is 4.51. The van der Waals surface area contributed by atoms with E-state index in [1.165, 1.54) is 24.8 Å². The summed E-state index contributed by atoms with van der Waals surface area (Å²) in [4.78, 5) is 2.44. The minimum absolute atomic E-state index is 0.126. The van der Waals surface area contributed by atoms with Crippen LogP contribution in [0.25, 0.3) is 0 Å². The van der Waals surface area contributed by atoms with Gasteiger partial charge in [0.1, 0.15) is 0 Å². The van der Waals surface area contributed by atoms with Gasteiger partial charge in [0.2, 0.25) is 0 Å². The summed E-state index contributed by atoms with van der Waals surface area (Å²) in [5.74, 6) is 1.52. The predicted octanol–water partition coefficient (Wildman–Crippen LogP) is 3.03. The number of benzene rings is 1. The van der Waals surface area contributed by atoms with Crippen LogP contribution in [0.4, 0.5) is 0 Å². The second-order valence-electron chi connectivity index (χ2n) is 7.80. The fourth-order valence-corrected chi connectivity index (χ4v) is 4.51. The Morgan fingerprint density at radius 1 is 1.15 bits per heavy atom. The van der Waals surface area contributed by atoms with Crippen molar-refractivity contribution in [3.8, 4) is 11.5 Å². The van der Waals surface area contributed by atoms with Gasteiger partial charge >= 0.3 is 0 Å². The summed E-state index contributed by atoms with van der Waals surface area (Å²) < 4.78 is 17.2. The second kappa shape index (κ2) is 8.59. The van der Waals surface area contributed by atoms with Gasteiger partial charge in [-0.1, -0.05) is 18.9 Å². The van der Waals surface area contributed by atoms with E-state index in [1.54, 1.807) is 14.2 Å². The maximum Gasteiger partial charge on any atom is 0.160 e. The van der Waals surface area contributed by atoms with Crippen LogP contribution in [0.2, 0.25) is 0 Å². The molecule has 1 heterocycles. The van der Waals surface area contributed by atoms with Gasteiger partial charge in [-0.3, -0.25) is 4.90 Å². The zero-order valence-corrected chi connectivity index (χ0v) is 16.4. The van der Waals surface area contributed by atoms with Crippen LogP contribution in [0, 0.1) is 0 Å². The molecule has 26 heavy (non-hydrogen) atoms. The highest BCUT2D eigenvalue weighted by molar-refractivity contribution is 5.42. The number of hydrogen-bond acceptors (Lipinski definition) is 5. The molecule has 1 aromatic carbocycles. The molecule has 146 valence electrons. The number of aliphatic hydroxyl groups is 1. The molecule has 3 atom stereocenters. The minimum Gasteiger partial charge on any atom is -0.493 e. The average Bonchev–Trinajstić information content (AvgIpc) is 3.07. The summed E-state index contributed by atoms with van der Waals surface area (Å²) in [6.07, 6.45) is 6.30. The zero-order valence-electron chi connectivity index (χ0n) is 16.4. The van der Waals surface area contributed by atoms with E-state index in [0.29, 0.717) is 12.6 Å². The molecule has 1 saturated heterocycles. The van der Waals surface area contributed by atoms with Gasteiger partial charge in [0, 0.05) is 19.1 Å². The molecule has 1 saturated carbocycles. The molecule has 5 heteroatoms. The van der Waals surface area contributed by atoms with Gasteiger partial charge in [-0.05, 0) is 50.3 Å². The van der Waals surface area contributed by atoms with Crippen LogP contribution in [0.15, 0.2) is 18.2 Å². The Morgan fingerprint density at radius 2 is 1.96 bits per heavy atom. The van der Waals surface area contributed by atoms with E-state index in [9.17, 15) is 5.11 Å². The van der Waals surface area contributed by atoms with Crippen LogP contribution in [0.3, 0.4) is 0 Å². The van der Waals surface area contributed by atoms with Crippen LogP contribution < -0.4 is 9.47 Å². The first-order valence-electron chi connectivity index (χ1n) is 9.82. The van der Waals surface area contributed by atoms with Crippen molar-refractivity contribution < 1.29 is 19.3 Å². The Hall–Kier alpha value is -1.30. The molecule has 0 aromatic heterocycles. The van der Waals surface area contributed by atoms with Crippen molar-refractivity contribution >= 4 is 0 Å². The largest absolute Gasteiger partial charge is 0.493 e. The van der Waals surface area contributed by atoms with Gasteiger partial charge in [0.15, 0.2) is 11.5 Å². The number of rotatable bonds is 7. The topological polar surface area (TPSA) is 51.2 Å². The lowest BCUT2D eigenvalue weighted by Gasteiger charge is -2.45. The van der Waals surface area contributed by atoms with Crippen molar-refractivity contribution in [2.24, 2.45) is 0 Å². The molecule has 1 aromatic rings. The quantitative estimate of drug-likeness (QED) is 0.807. The number of likely N-dealkylation sites (tertiary alicyclic amines) is 1. The van der Waals surface area contributed by atoms with Crippen LogP contribution in [0.1, 0.15) is 44.6 Å². The fraction of sp³-hybridized carbons (Fsp3) is 0.714. The molecular formula is C21H33NO4. The van der Waals surface area contributed by atoms with E-state index in [2.05, 4.69) is 17.9 Å². The number of hydrogen-bond donors (Lipinski definition) is 1. The van der Waals surface area contributed by atoms with Crippen LogP contribution in [-0.2, 0) is 11.2 Å². The molecule has 2 aliphatic rings. The maximum atomic E-state index is 9.91. The van der Waals surface area contributed by atoms with Crippen LogP contribution in [-0.4, -0.2) is 61.7 Å². The van der Waals surface area contributed by atoms with Crippen molar-refractivity contribution in [2.45, 2.75) is 63.2 Å². The first kappa shape index (κ1) is 19.5. The molecular weight excluding hydrogens is 330 g/mol. The highest BCUT2D eigenvalue weighted by Crippen LogP contribution is 2.37. The zero-order chi connectivity index (χ0) is 18.6. The number of β-amino-alcohol motifs (C(OH)–C–C–N with tert-alkyl or cyclic N) is 1. The van der Waals surface area contributed by atoms with Gasteiger partial charge in [0.25, 0.3) is 0 Å². The molecule has 5 nitrogen and oxygen atoms in total. The second-order valence-corrected chi connectivity index (χ2v) is 7.80. The third-order valence-electron chi connectivity index (χ3n) is 6.01. The lowest BCUT2D eigenvalue weighted by atomic mass is 9.80. The van der Waals surface area contributed by atoms with E-state index >= 15 is 0 Å². The standard InChI is InChI=1S/C21H33NO4/c1-21(11-5-4-6-20(21)22-12-9-17(23)15-22)26-13-10-16-7-8-18(24-2)19(14-16)25-3/h7-8,14,17,20,23H,4-6,9-13,15H2,1-3H3/t17-,20-,21-/m1/s1. The first-order valence-corrected chi connectivity index (χ1v) is 9.82. The highest BCUT2D eigenvalue weighted by Gasteiger charge is 2.42. The average molecular weight is 363 g/mol. The summed E-state index contributed by atoms with van der Waals surface area (Å²) in [5, 5.41) is 9.91. The lowest BCUT2D eigenvalue weighted by Crippen LogP contribution is -2.54. The number of aliphatic hydroxyl groups excluding tert-OH is 1. The number of methoxy groups -OCH3 is 2.